The summed E-state index contributed by atoms with van der Waals surface area (Å²) in [7, 11) is 0. The molecule has 1 N–H and O–H groups in total. The minimum atomic E-state index is -0.833. The van der Waals surface area contributed by atoms with Crippen LogP contribution < -0.4 is 0 Å². The number of benzene rings is 1. The van der Waals surface area contributed by atoms with Crippen molar-refractivity contribution in [1.82, 2.24) is 0 Å². The minimum Gasteiger partial charge on any atom is -0.481 e. The van der Waals surface area contributed by atoms with Gasteiger partial charge >= 0.3 is 5.97 Å². The van der Waals surface area contributed by atoms with Crippen LogP contribution in [0.5, 0.6) is 0 Å². The second-order valence-electron chi connectivity index (χ2n) is 5.07. The monoisotopic (exact) mass is 246 g/mol. The highest BCUT2D eigenvalue weighted by Gasteiger charge is 2.35. The quantitative estimate of drug-likeness (QED) is 0.834. The molecule has 3 nitrogen and oxygen atoms in total. The Hall–Kier alpha value is -1.64. The highest BCUT2D eigenvalue weighted by atomic mass is 16.4. The zero-order valence-electron chi connectivity index (χ0n) is 10.6. The lowest BCUT2D eigenvalue weighted by molar-refractivity contribution is -0.144. The number of hydrogen-bond donors (Lipinski definition) is 1. The van der Waals surface area contributed by atoms with E-state index in [1.807, 2.05) is 25.1 Å². The minimum absolute atomic E-state index is 0.00852. The third-order valence-corrected chi connectivity index (χ3v) is 3.72. The van der Waals surface area contributed by atoms with Crippen LogP contribution in [0.4, 0.5) is 0 Å². The fraction of sp³-hybridized carbons (Fsp3) is 0.467. The van der Waals surface area contributed by atoms with Crippen molar-refractivity contribution in [2.24, 2.45) is 11.8 Å². The Morgan fingerprint density at radius 3 is 2.44 bits per heavy atom. The van der Waals surface area contributed by atoms with Gasteiger partial charge in [-0.3, -0.25) is 9.59 Å². The number of carboxylic acid groups (broad SMARTS) is 1. The number of carbonyl (C=O) groups excluding carboxylic acids is 1. The lowest BCUT2D eigenvalue weighted by Crippen LogP contribution is -2.32. The number of rotatable bonds is 3. The molecule has 18 heavy (non-hydrogen) atoms. The number of hydrogen-bond acceptors (Lipinski definition) is 2. The number of Topliss-reactive ketones (excluding diaryl/α,β-unsaturated/α-hetero) is 1. The van der Waals surface area contributed by atoms with E-state index in [4.69, 9.17) is 0 Å². The van der Waals surface area contributed by atoms with Crippen LogP contribution in [0.15, 0.2) is 24.3 Å². The molecule has 1 saturated carbocycles. The van der Waals surface area contributed by atoms with Gasteiger partial charge < -0.3 is 5.11 Å². The Bertz CT molecular complexity index is 465. The molecule has 0 spiro atoms. The highest BCUT2D eigenvalue weighted by molar-refractivity contribution is 6.00. The Kier molecular flexibility index (Phi) is 3.80. The van der Waals surface area contributed by atoms with Crippen molar-refractivity contribution in [2.45, 2.75) is 32.6 Å². The van der Waals surface area contributed by atoms with Crippen LogP contribution >= 0.6 is 0 Å². The predicted octanol–water partition coefficient (Wildman–Crippen LogP) is 3.07. The van der Waals surface area contributed by atoms with Crippen LogP contribution in [-0.4, -0.2) is 16.9 Å². The van der Waals surface area contributed by atoms with Crippen molar-refractivity contribution in [3.8, 4) is 0 Å². The van der Waals surface area contributed by atoms with Crippen LogP contribution in [0.2, 0.25) is 0 Å². The lowest BCUT2D eigenvalue weighted by atomic mass is 9.75. The maximum Gasteiger partial charge on any atom is 0.307 e. The number of carboxylic acids is 1. The third-order valence-electron chi connectivity index (χ3n) is 3.72. The topological polar surface area (TPSA) is 54.4 Å². The Morgan fingerprint density at radius 1 is 1.17 bits per heavy atom. The Labute approximate surface area is 107 Å². The van der Waals surface area contributed by atoms with E-state index in [-0.39, 0.29) is 11.7 Å². The normalized spacial score (nSPS) is 23.6. The van der Waals surface area contributed by atoms with Crippen molar-refractivity contribution < 1.29 is 14.7 Å². The van der Waals surface area contributed by atoms with Crippen LogP contribution in [0.3, 0.4) is 0 Å². The van der Waals surface area contributed by atoms with E-state index in [0.717, 1.165) is 18.4 Å². The smallest absolute Gasteiger partial charge is 0.307 e. The summed E-state index contributed by atoms with van der Waals surface area (Å²) in [6, 6.07) is 7.41. The molecule has 1 aliphatic carbocycles. The molecule has 2 rings (SSSR count). The molecule has 2 unspecified atom stereocenters. The highest BCUT2D eigenvalue weighted by Crippen LogP contribution is 2.32. The van der Waals surface area contributed by atoms with Crippen LogP contribution in [0, 0.1) is 18.8 Å². The van der Waals surface area contributed by atoms with E-state index in [1.54, 1.807) is 6.07 Å². The zero-order valence-corrected chi connectivity index (χ0v) is 10.6. The van der Waals surface area contributed by atoms with Gasteiger partial charge in [0.15, 0.2) is 5.78 Å². The first-order chi connectivity index (χ1) is 8.59. The summed E-state index contributed by atoms with van der Waals surface area (Å²) in [6.45, 7) is 1.94. The number of carbonyl (C=O) groups is 2. The van der Waals surface area contributed by atoms with E-state index in [1.165, 1.54) is 0 Å². The summed E-state index contributed by atoms with van der Waals surface area (Å²) >= 11 is 0. The zero-order chi connectivity index (χ0) is 13.1. The number of aliphatic carboxylic acids is 1. The van der Waals surface area contributed by atoms with E-state index in [9.17, 15) is 14.7 Å². The van der Waals surface area contributed by atoms with Crippen LogP contribution in [0.1, 0.15) is 41.6 Å². The molecule has 96 valence electrons. The molecule has 0 radical (unpaired) electrons. The second kappa shape index (κ2) is 5.34. The maximum absolute atomic E-state index is 12.4. The average molecular weight is 246 g/mol. The standard InChI is InChI=1S/C15H18O3/c1-10-5-4-6-11(9-10)14(16)12-7-2-3-8-13(12)15(17)18/h4-6,9,12-13H,2-3,7-8H2,1H3,(H,17,18). The maximum atomic E-state index is 12.4. The molecule has 1 aliphatic rings. The first kappa shape index (κ1) is 12.8. The molecule has 0 aromatic heterocycles. The fourth-order valence-corrected chi connectivity index (χ4v) is 2.75. The molecule has 1 aromatic carbocycles. The third kappa shape index (κ3) is 2.61. The van der Waals surface area contributed by atoms with Crippen molar-refractivity contribution in [2.75, 3.05) is 0 Å². The van der Waals surface area contributed by atoms with Gasteiger partial charge in [-0.25, -0.2) is 0 Å². The van der Waals surface area contributed by atoms with Gasteiger partial charge in [0.05, 0.1) is 5.92 Å². The van der Waals surface area contributed by atoms with Gasteiger partial charge in [0.25, 0.3) is 0 Å². The summed E-state index contributed by atoms with van der Waals surface area (Å²) in [6.07, 6.45) is 3.18. The summed E-state index contributed by atoms with van der Waals surface area (Å²) in [5.41, 5.74) is 1.68. The molecule has 0 heterocycles. The molecule has 2 atom stereocenters. The first-order valence-corrected chi connectivity index (χ1v) is 6.43. The molecular weight excluding hydrogens is 228 g/mol. The van der Waals surface area contributed by atoms with Crippen LogP contribution in [0.25, 0.3) is 0 Å². The van der Waals surface area contributed by atoms with Gasteiger partial charge in [-0.1, -0.05) is 36.6 Å². The Morgan fingerprint density at radius 2 is 1.83 bits per heavy atom. The van der Waals surface area contributed by atoms with E-state index < -0.39 is 11.9 Å². The number of aryl methyl sites for hydroxylation is 1. The lowest BCUT2D eigenvalue weighted by Gasteiger charge is -2.27. The van der Waals surface area contributed by atoms with E-state index >= 15 is 0 Å². The second-order valence-corrected chi connectivity index (χ2v) is 5.07. The SMILES string of the molecule is Cc1cccc(C(=O)C2CCCCC2C(=O)O)c1. The van der Waals surface area contributed by atoms with Gasteiger partial charge in [-0.05, 0) is 25.8 Å². The van der Waals surface area contributed by atoms with Gasteiger partial charge in [0.2, 0.25) is 0 Å². The summed E-state index contributed by atoms with van der Waals surface area (Å²) in [5.74, 6) is -1.70. The Balaban J connectivity index is 2.23. The molecule has 0 saturated heterocycles. The van der Waals surface area contributed by atoms with Crippen molar-refractivity contribution >= 4 is 11.8 Å². The van der Waals surface area contributed by atoms with Gasteiger partial charge in [-0.2, -0.15) is 0 Å². The molecule has 1 aromatic rings. The van der Waals surface area contributed by atoms with E-state index in [2.05, 4.69) is 0 Å². The fourth-order valence-electron chi connectivity index (χ4n) is 2.75. The first-order valence-electron chi connectivity index (χ1n) is 6.43. The molecular formula is C15H18O3. The summed E-state index contributed by atoms with van der Waals surface area (Å²) in [5, 5.41) is 9.21. The van der Waals surface area contributed by atoms with Gasteiger partial charge in [0.1, 0.15) is 0 Å². The van der Waals surface area contributed by atoms with Gasteiger partial charge in [0, 0.05) is 11.5 Å². The largest absolute Gasteiger partial charge is 0.481 e. The summed E-state index contributed by atoms with van der Waals surface area (Å²) in [4.78, 5) is 23.6. The number of ketones is 1. The van der Waals surface area contributed by atoms with Crippen molar-refractivity contribution in [3.63, 3.8) is 0 Å². The van der Waals surface area contributed by atoms with Gasteiger partial charge in [-0.15, -0.1) is 0 Å². The van der Waals surface area contributed by atoms with Crippen LogP contribution in [-0.2, 0) is 4.79 Å². The molecule has 1 fully saturated rings. The van der Waals surface area contributed by atoms with E-state index in [0.29, 0.717) is 18.4 Å². The molecule has 0 aliphatic heterocycles. The van der Waals surface area contributed by atoms with Crippen molar-refractivity contribution in [1.29, 1.82) is 0 Å². The molecule has 0 bridgehead atoms. The average Bonchev–Trinajstić information content (AvgIpc) is 2.38. The van der Waals surface area contributed by atoms with Crippen molar-refractivity contribution in [3.05, 3.63) is 35.4 Å². The summed E-state index contributed by atoms with van der Waals surface area (Å²) < 4.78 is 0. The predicted molar refractivity (Wildman–Crippen MR) is 68.6 cm³/mol. The molecule has 3 heteroatoms. The molecule has 0 amide bonds.